The van der Waals surface area contributed by atoms with E-state index in [4.69, 9.17) is 0 Å². The summed E-state index contributed by atoms with van der Waals surface area (Å²) < 4.78 is 0. The predicted molar refractivity (Wildman–Crippen MR) is 82.0 cm³/mol. The molecule has 0 aliphatic carbocycles. The van der Waals surface area contributed by atoms with Crippen molar-refractivity contribution in [1.29, 1.82) is 0 Å². The molecule has 0 atom stereocenters. The highest BCUT2D eigenvalue weighted by molar-refractivity contribution is 7.12. The van der Waals surface area contributed by atoms with Gasteiger partial charge >= 0.3 is 0 Å². The van der Waals surface area contributed by atoms with Crippen LogP contribution < -0.4 is 5.32 Å². The van der Waals surface area contributed by atoms with Crippen LogP contribution >= 0.6 is 11.3 Å². The standard InChI is InChI=1S/C15H14N4OS/c1-10-4-6-11(7-5-10)14-17-13(18-19-14)9-16-15(20)12-3-2-8-21-12/h2-8H,9H2,1H3,(H,16,20)(H,17,18,19). The van der Waals surface area contributed by atoms with E-state index in [1.54, 1.807) is 6.07 Å². The SMILES string of the molecule is Cc1ccc(-c2n[nH]c(CNC(=O)c3cccs3)n2)cc1. The van der Waals surface area contributed by atoms with Crippen molar-refractivity contribution in [3.05, 3.63) is 58.0 Å². The number of hydrogen-bond acceptors (Lipinski definition) is 4. The molecule has 106 valence electrons. The summed E-state index contributed by atoms with van der Waals surface area (Å²) >= 11 is 1.41. The number of amides is 1. The molecular weight excluding hydrogens is 284 g/mol. The van der Waals surface area contributed by atoms with E-state index < -0.39 is 0 Å². The molecule has 1 aromatic carbocycles. The maximum atomic E-state index is 11.8. The minimum absolute atomic E-state index is 0.0988. The third-order valence-corrected chi connectivity index (χ3v) is 3.87. The van der Waals surface area contributed by atoms with Gasteiger partial charge in [0, 0.05) is 5.56 Å². The Morgan fingerprint density at radius 2 is 2.10 bits per heavy atom. The Morgan fingerprint density at radius 3 is 2.81 bits per heavy atom. The molecule has 0 fully saturated rings. The van der Waals surface area contributed by atoms with Crippen LogP contribution in [0.3, 0.4) is 0 Å². The van der Waals surface area contributed by atoms with E-state index in [9.17, 15) is 4.79 Å². The third kappa shape index (κ3) is 3.17. The molecule has 0 saturated heterocycles. The van der Waals surface area contributed by atoms with Gasteiger partial charge < -0.3 is 5.32 Å². The summed E-state index contributed by atoms with van der Waals surface area (Å²) in [5.74, 6) is 1.17. The Morgan fingerprint density at radius 1 is 1.29 bits per heavy atom. The summed E-state index contributed by atoms with van der Waals surface area (Å²) in [6, 6.07) is 11.6. The van der Waals surface area contributed by atoms with E-state index in [0.717, 1.165) is 5.56 Å². The number of benzene rings is 1. The maximum Gasteiger partial charge on any atom is 0.261 e. The van der Waals surface area contributed by atoms with Crippen LogP contribution in [0.4, 0.5) is 0 Å². The van der Waals surface area contributed by atoms with Gasteiger partial charge in [-0.25, -0.2) is 4.98 Å². The normalized spacial score (nSPS) is 10.5. The van der Waals surface area contributed by atoms with Gasteiger partial charge in [0.05, 0.1) is 11.4 Å². The fourth-order valence-electron chi connectivity index (χ4n) is 1.86. The number of thiophene rings is 1. The van der Waals surface area contributed by atoms with Crippen molar-refractivity contribution < 1.29 is 4.79 Å². The van der Waals surface area contributed by atoms with E-state index in [2.05, 4.69) is 20.5 Å². The third-order valence-electron chi connectivity index (χ3n) is 3.00. The molecule has 0 bridgehead atoms. The number of carbonyl (C=O) groups excluding carboxylic acids is 1. The average Bonchev–Trinajstić information content (AvgIpc) is 3.17. The number of hydrogen-bond donors (Lipinski definition) is 2. The zero-order valence-electron chi connectivity index (χ0n) is 11.5. The summed E-state index contributed by atoms with van der Waals surface area (Å²) in [6.45, 7) is 2.36. The van der Waals surface area contributed by atoms with Gasteiger partial charge in [-0.1, -0.05) is 35.9 Å². The highest BCUT2D eigenvalue weighted by Gasteiger charge is 2.09. The molecule has 6 heteroatoms. The number of rotatable bonds is 4. The number of nitrogens with one attached hydrogen (secondary N) is 2. The first kappa shape index (κ1) is 13.5. The highest BCUT2D eigenvalue weighted by atomic mass is 32.1. The van der Waals surface area contributed by atoms with Crippen LogP contribution in [-0.2, 0) is 6.54 Å². The van der Waals surface area contributed by atoms with E-state index in [1.807, 2.05) is 42.6 Å². The zero-order valence-corrected chi connectivity index (χ0v) is 12.3. The molecule has 3 rings (SSSR count). The van der Waals surface area contributed by atoms with E-state index >= 15 is 0 Å². The minimum Gasteiger partial charge on any atom is -0.344 e. The first-order valence-corrected chi connectivity index (χ1v) is 7.40. The van der Waals surface area contributed by atoms with Crippen molar-refractivity contribution in [2.75, 3.05) is 0 Å². The molecule has 5 nitrogen and oxygen atoms in total. The van der Waals surface area contributed by atoms with Gasteiger partial charge in [0.1, 0.15) is 5.82 Å². The van der Waals surface area contributed by atoms with E-state index in [1.165, 1.54) is 16.9 Å². The van der Waals surface area contributed by atoms with Crippen molar-refractivity contribution in [3.63, 3.8) is 0 Å². The van der Waals surface area contributed by atoms with Crippen molar-refractivity contribution in [2.24, 2.45) is 0 Å². The molecule has 1 amide bonds. The number of carbonyl (C=O) groups is 1. The van der Waals surface area contributed by atoms with Gasteiger partial charge in [-0.05, 0) is 18.4 Å². The predicted octanol–water partition coefficient (Wildman–Crippen LogP) is 2.77. The number of aromatic nitrogens is 3. The molecule has 0 spiro atoms. The van der Waals surface area contributed by atoms with Crippen molar-refractivity contribution in [3.8, 4) is 11.4 Å². The molecule has 2 N–H and O–H groups in total. The van der Waals surface area contributed by atoms with Crippen LogP contribution in [0.2, 0.25) is 0 Å². The lowest BCUT2D eigenvalue weighted by Crippen LogP contribution is -2.22. The van der Waals surface area contributed by atoms with Gasteiger partial charge in [0.15, 0.2) is 5.82 Å². The fourth-order valence-corrected chi connectivity index (χ4v) is 2.51. The molecule has 0 aliphatic rings. The molecule has 0 saturated carbocycles. The lowest BCUT2D eigenvalue weighted by atomic mass is 10.1. The molecule has 3 aromatic rings. The largest absolute Gasteiger partial charge is 0.344 e. The Balaban J connectivity index is 1.65. The Bertz CT molecular complexity index is 731. The highest BCUT2D eigenvalue weighted by Crippen LogP contribution is 2.15. The number of aromatic amines is 1. The monoisotopic (exact) mass is 298 g/mol. The Hall–Kier alpha value is -2.47. The van der Waals surface area contributed by atoms with Crippen LogP contribution in [0.15, 0.2) is 41.8 Å². The van der Waals surface area contributed by atoms with Crippen molar-refractivity contribution >= 4 is 17.2 Å². The summed E-state index contributed by atoms with van der Waals surface area (Å²) in [7, 11) is 0. The van der Waals surface area contributed by atoms with Crippen LogP contribution in [0.1, 0.15) is 21.1 Å². The number of H-pyrrole nitrogens is 1. The Labute approximate surface area is 126 Å². The van der Waals surface area contributed by atoms with Gasteiger partial charge in [-0.15, -0.1) is 11.3 Å². The molecule has 0 unspecified atom stereocenters. The summed E-state index contributed by atoms with van der Waals surface area (Å²) in [5, 5.41) is 11.7. The molecule has 0 aliphatic heterocycles. The lowest BCUT2D eigenvalue weighted by molar-refractivity contribution is 0.0954. The van der Waals surface area contributed by atoms with Crippen LogP contribution in [-0.4, -0.2) is 21.1 Å². The topological polar surface area (TPSA) is 70.7 Å². The van der Waals surface area contributed by atoms with Gasteiger partial charge in [-0.3, -0.25) is 9.89 Å². The fraction of sp³-hybridized carbons (Fsp3) is 0.133. The quantitative estimate of drug-likeness (QED) is 0.778. The number of aryl methyl sites for hydroxylation is 1. The smallest absolute Gasteiger partial charge is 0.261 e. The zero-order chi connectivity index (χ0) is 14.7. The first-order valence-electron chi connectivity index (χ1n) is 6.52. The molecule has 2 aromatic heterocycles. The van der Waals surface area contributed by atoms with Gasteiger partial charge in [-0.2, -0.15) is 5.10 Å². The Kier molecular flexibility index (Phi) is 3.79. The summed E-state index contributed by atoms with van der Waals surface area (Å²) in [6.07, 6.45) is 0. The van der Waals surface area contributed by atoms with Gasteiger partial charge in [0.2, 0.25) is 0 Å². The van der Waals surface area contributed by atoms with Crippen molar-refractivity contribution in [1.82, 2.24) is 20.5 Å². The summed E-state index contributed by atoms with van der Waals surface area (Å²) in [5.41, 5.74) is 2.14. The molecule has 21 heavy (non-hydrogen) atoms. The molecular formula is C15H14N4OS. The van der Waals surface area contributed by atoms with Crippen LogP contribution in [0, 0.1) is 6.92 Å². The molecule has 0 radical (unpaired) electrons. The second kappa shape index (κ2) is 5.88. The van der Waals surface area contributed by atoms with Gasteiger partial charge in [0.25, 0.3) is 5.91 Å². The first-order chi connectivity index (χ1) is 10.2. The average molecular weight is 298 g/mol. The van der Waals surface area contributed by atoms with Crippen LogP contribution in [0.25, 0.3) is 11.4 Å². The lowest BCUT2D eigenvalue weighted by Gasteiger charge is -1.99. The molecule has 2 heterocycles. The van der Waals surface area contributed by atoms with E-state index in [-0.39, 0.29) is 5.91 Å². The van der Waals surface area contributed by atoms with E-state index in [0.29, 0.717) is 23.1 Å². The van der Waals surface area contributed by atoms with Crippen LogP contribution in [0.5, 0.6) is 0 Å². The number of nitrogens with zero attached hydrogens (tertiary/aromatic N) is 2. The minimum atomic E-state index is -0.0988. The second-order valence-electron chi connectivity index (χ2n) is 4.63. The maximum absolute atomic E-state index is 11.8. The summed E-state index contributed by atoms with van der Waals surface area (Å²) in [4.78, 5) is 16.9. The second-order valence-corrected chi connectivity index (χ2v) is 5.58. The van der Waals surface area contributed by atoms with Crippen molar-refractivity contribution in [2.45, 2.75) is 13.5 Å².